The van der Waals surface area contributed by atoms with Gasteiger partial charge in [0.25, 0.3) is 5.91 Å². The number of rotatable bonds is 5. The second kappa shape index (κ2) is 8.78. The van der Waals surface area contributed by atoms with Crippen molar-refractivity contribution in [3.8, 4) is 0 Å². The molecular weight excluding hydrogens is 418 g/mol. The minimum atomic E-state index is -1.13. The van der Waals surface area contributed by atoms with E-state index in [1.165, 1.54) is 9.80 Å². The van der Waals surface area contributed by atoms with Crippen LogP contribution in [0.25, 0.3) is 0 Å². The van der Waals surface area contributed by atoms with E-state index in [1.807, 2.05) is 30.3 Å². The molecule has 4 rings (SSSR count). The molecule has 2 heterocycles. The summed E-state index contributed by atoms with van der Waals surface area (Å²) < 4.78 is 5.47. The first-order chi connectivity index (χ1) is 15.3. The lowest BCUT2D eigenvalue weighted by atomic mass is 9.78. The van der Waals surface area contributed by atoms with Crippen molar-refractivity contribution in [2.45, 2.75) is 50.5 Å². The van der Waals surface area contributed by atoms with Crippen molar-refractivity contribution in [3.05, 3.63) is 35.9 Å². The van der Waals surface area contributed by atoms with Crippen LogP contribution in [0.4, 0.5) is 4.79 Å². The number of nitrogens with zero attached hydrogens (tertiary/aromatic N) is 3. The Bertz CT molecular complexity index is 902. The lowest BCUT2D eigenvalue weighted by Gasteiger charge is -2.53. The van der Waals surface area contributed by atoms with E-state index in [2.05, 4.69) is 0 Å². The molecule has 1 aromatic carbocycles. The number of amides is 3. The van der Waals surface area contributed by atoms with E-state index < -0.39 is 29.7 Å². The van der Waals surface area contributed by atoms with Gasteiger partial charge in [-0.1, -0.05) is 30.3 Å². The number of carbonyl (C=O) groups excluding carboxylic acids is 3. The molecule has 2 saturated heterocycles. The maximum absolute atomic E-state index is 13.3. The van der Waals surface area contributed by atoms with Crippen LogP contribution in [0.5, 0.6) is 0 Å². The van der Waals surface area contributed by atoms with E-state index in [4.69, 9.17) is 14.7 Å². The summed E-state index contributed by atoms with van der Waals surface area (Å²) in [5.41, 5.74) is -0.322. The van der Waals surface area contributed by atoms with Crippen molar-refractivity contribution >= 4 is 23.9 Å². The second-order valence-corrected chi connectivity index (χ2v) is 8.59. The van der Waals surface area contributed by atoms with Crippen LogP contribution in [-0.2, 0) is 30.6 Å². The molecule has 10 nitrogen and oxygen atoms in total. The Morgan fingerprint density at radius 1 is 1.19 bits per heavy atom. The highest BCUT2D eigenvalue weighted by atomic mass is 16.8. The standard InChI is InChI=1S/C22H27N3O7/c1-23-13-17-24(12-16(19(23)28)8-9-18(26)27)20(29)22(10-5-11-22)32-25(17)21(30)31-14-15-6-3-2-4-7-15/h2-4,6-7,16-17H,5,8-14H2,1H3,(H,26,27)/t16-,17?/m1/s1. The molecule has 172 valence electrons. The first-order valence-corrected chi connectivity index (χ1v) is 10.8. The van der Waals surface area contributed by atoms with Crippen molar-refractivity contribution in [1.82, 2.24) is 14.9 Å². The van der Waals surface area contributed by atoms with Crippen LogP contribution < -0.4 is 0 Å². The quantitative estimate of drug-likeness (QED) is 0.732. The molecule has 2 atom stereocenters. The highest BCUT2D eigenvalue weighted by Gasteiger charge is 2.58. The topological polar surface area (TPSA) is 117 Å². The van der Waals surface area contributed by atoms with Gasteiger partial charge in [0.1, 0.15) is 6.61 Å². The zero-order chi connectivity index (χ0) is 22.9. The summed E-state index contributed by atoms with van der Waals surface area (Å²) in [7, 11) is 1.57. The molecule has 1 saturated carbocycles. The van der Waals surface area contributed by atoms with E-state index in [0.29, 0.717) is 12.8 Å². The monoisotopic (exact) mass is 445 g/mol. The van der Waals surface area contributed by atoms with Gasteiger partial charge in [-0.2, -0.15) is 5.06 Å². The van der Waals surface area contributed by atoms with Crippen molar-refractivity contribution in [2.75, 3.05) is 20.1 Å². The van der Waals surface area contributed by atoms with E-state index in [0.717, 1.165) is 17.0 Å². The lowest BCUT2D eigenvalue weighted by molar-refractivity contribution is -0.305. The summed E-state index contributed by atoms with van der Waals surface area (Å²) in [6.45, 7) is 0.126. The molecule has 32 heavy (non-hydrogen) atoms. The minimum absolute atomic E-state index is 0.0352. The predicted octanol–water partition coefficient (Wildman–Crippen LogP) is 1.60. The van der Waals surface area contributed by atoms with Gasteiger partial charge in [-0.05, 0) is 31.2 Å². The summed E-state index contributed by atoms with van der Waals surface area (Å²) in [5, 5.41) is 10.1. The number of aliphatic carboxylic acids is 1. The number of ether oxygens (including phenoxy) is 1. The first-order valence-electron chi connectivity index (χ1n) is 10.8. The summed E-state index contributed by atoms with van der Waals surface area (Å²) >= 11 is 0. The van der Waals surface area contributed by atoms with Gasteiger partial charge < -0.3 is 19.6 Å². The Morgan fingerprint density at radius 2 is 1.91 bits per heavy atom. The molecule has 3 fully saturated rings. The third-order valence-corrected chi connectivity index (χ3v) is 6.39. The molecule has 1 spiro atoms. The van der Waals surface area contributed by atoms with E-state index in [9.17, 15) is 19.2 Å². The third-order valence-electron chi connectivity index (χ3n) is 6.39. The highest BCUT2D eigenvalue weighted by molar-refractivity contribution is 5.89. The summed E-state index contributed by atoms with van der Waals surface area (Å²) in [5.74, 6) is -2.18. The molecule has 1 aromatic rings. The van der Waals surface area contributed by atoms with Crippen molar-refractivity contribution in [1.29, 1.82) is 0 Å². The van der Waals surface area contributed by atoms with Gasteiger partial charge in [-0.15, -0.1) is 0 Å². The van der Waals surface area contributed by atoms with Crippen LogP contribution in [0.15, 0.2) is 30.3 Å². The van der Waals surface area contributed by atoms with Gasteiger partial charge in [0.2, 0.25) is 5.91 Å². The van der Waals surface area contributed by atoms with Crippen molar-refractivity contribution in [3.63, 3.8) is 0 Å². The molecule has 1 N–H and O–H groups in total. The smallest absolute Gasteiger partial charge is 0.436 e. The number of benzene rings is 1. The Morgan fingerprint density at radius 3 is 2.53 bits per heavy atom. The van der Waals surface area contributed by atoms with Crippen LogP contribution in [0.3, 0.4) is 0 Å². The molecule has 1 aliphatic carbocycles. The van der Waals surface area contributed by atoms with Crippen molar-refractivity contribution < 1.29 is 33.9 Å². The SMILES string of the molecule is CN1CC2N(C[C@@H](CCC(=O)O)C1=O)C(=O)C1(CCC1)ON2C(=O)OCc1ccccc1. The van der Waals surface area contributed by atoms with Crippen LogP contribution in [0.2, 0.25) is 0 Å². The third kappa shape index (κ3) is 4.14. The molecule has 2 aliphatic heterocycles. The number of hydroxylamine groups is 2. The Balaban J connectivity index is 1.57. The van der Waals surface area contributed by atoms with Gasteiger partial charge in [0.05, 0.1) is 12.5 Å². The number of likely N-dealkylation sites (N-methyl/N-ethyl adjacent to an activating group) is 1. The molecule has 0 radical (unpaired) electrons. The molecule has 0 bridgehead atoms. The zero-order valence-corrected chi connectivity index (χ0v) is 17.9. The van der Waals surface area contributed by atoms with Crippen LogP contribution in [0.1, 0.15) is 37.7 Å². The largest absolute Gasteiger partial charge is 0.481 e. The number of carbonyl (C=O) groups is 4. The number of carboxylic acids is 1. The summed E-state index contributed by atoms with van der Waals surface area (Å²) in [4.78, 5) is 59.1. The van der Waals surface area contributed by atoms with E-state index >= 15 is 0 Å². The Hall–Kier alpha value is -3.14. The summed E-state index contributed by atoms with van der Waals surface area (Å²) in [6.07, 6.45) is 0.0943. The van der Waals surface area contributed by atoms with Crippen molar-refractivity contribution in [2.24, 2.45) is 5.92 Å². The Labute approximate surface area is 185 Å². The maximum Gasteiger partial charge on any atom is 0.436 e. The predicted molar refractivity (Wildman–Crippen MR) is 110 cm³/mol. The van der Waals surface area contributed by atoms with E-state index in [-0.39, 0.29) is 44.4 Å². The van der Waals surface area contributed by atoms with Gasteiger partial charge in [0.15, 0.2) is 11.8 Å². The van der Waals surface area contributed by atoms with E-state index in [1.54, 1.807) is 7.05 Å². The van der Waals surface area contributed by atoms with Crippen LogP contribution >= 0.6 is 0 Å². The average molecular weight is 445 g/mol. The fourth-order valence-electron chi connectivity index (χ4n) is 4.41. The van der Waals surface area contributed by atoms with Gasteiger partial charge in [0, 0.05) is 20.0 Å². The lowest BCUT2D eigenvalue weighted by Crippen LogP contribution is -2.71. The minimum Gasteiger partial charge on any atom is -0.481 e. The van der Waals surface area contributed by atoms with Gasteiger partial charge >= 0.3 is 12.1 Å². The molecule has 0 aromatic heterocycles. The number of hydrogen-bond donors (Lipinski definition) is 1. The second-order valence-electron chi connectivity index (χ2n) is 8.59. The van der Waals surface area contributed by atoms with Crippen LogP contribution in [0, 0.1) is 5.92 Å². The number of carboxylic acid groups (broad SMARTS) is 1. The molecule has 3 amide bonds. The maximum atomic E-state index is 13.3. The first kappa shape index (κ1) is 22.1. The molecule has 10 heteroatoms. The fraction of sp³-hybridized carbons (Fsp3) is 0.545. The zero-order valence-electron chi connectivity index (χ0n) is 17.9. The number of fused-ring (bicyclic) bond motifs is 1. The normalized spacial score (nSPS) is 24.6. The summed E-state index contributed by atoms with van der Waals surface area (Å²) in [6, 6.07) is 9.21. The number of hydrogen-bond acceptors (Lipinski definition) is 6. The van der Waals surface area contributed by atoms with Gasteiger partial charge in [-0.25, -0.2) is 9.63 Å². The average Bonchev–Trinajstić information content (AvgIpc) is 2.87. The molecular formula is C22H27N3O7. The highest BCUT2D eigenvalue weighted by Crippen LogP contribution is 2.43. The molecule has 1 unspecified atom stereocenters. The van der Waals surface area contributed by atoms with Crippen LogP contribution in [-0.4, -0.2) is 75.8 Å². The fourth-order valence-corrected chi connectivity index (χ4v) is 4.41. The Kier molecular flexibility index (Phi) is 6.05. The molecule has 3 aliphatic rings. The van der Waals surface area contributed by atoms with Gasteiger partial charge in [-0.3, -0.25) is 14.4 Å².